The van der Waals surface area contributed by atoms with Crippen molar-refractivity contribution in [3.63, 3.8) is 0 Å². The minimum atomic E-state index is -0.391. The van der Waals surface area contributed by atoms with Crippen molar-refractivity contribution in [2.45, 2.75) is 52.6 Å². The van der Waals surface area contributed by atoms with Gasteiger partial charge in [-0.3, -0.25) is 14.3 Å². The number of methoxy groups -OCH3 is 1. The van der Waals surface area contributed by atoms with E-state index < -0.39 is 5.69 Å². The smallest absolute Gasteiger partial charge is 0.330 e. The highest BCUT2D eigenvalue weighted by atomic mass is 16.5. The summed E-state index contributed by atoms with van der Waals surface area (Å²) in [6.45, 7) is 7.68. The number of nitrogens with zero attached hydrogens (tertiary/aromatic N) is 3. The predicted octanol–water partition coefficient (Wildman–Crippen LogP) is 1.46. The lowest BCUT2D eigenvalue weighted by Gasteiger charge is -2.10. The number of unbranched alkanes of at least 4 members (excludes halogenated alkanes) is 1. The standard InChI is InChI=1S/C15H24N4O3/c1-5-6-7-19-13-11(14(20)17-15(19)21)18(8-9-22-4)12(16-13)10(2)3/h10H,5-9H2,1-4H3,(H,17,20,21). The highest BCUT2D eigenvalue weighted by molar-refractivity contribution is 5.71. The van der Waals surface area contributed by atoms with E-state index in [1.54, 1.807) is 11.7 Å². The first-order chi connectivity index (χ1) is 10.5. The van der Waals surface area contributed by atoms with Crippen LogP contribution in [0.2, 0.25) is 0 Å². The second-order valence-corrected chi connectivity index (χ2v) is 5.71. The Kier molecular flexibility index (Phi) is 5.18. The van der Waals surface area contributed by atoms with E-state index in [9.17, 15) is 9.59 Å². The number of aromatic nitrogens is 4. The summed E-state index contributed by atoms with van der Waals surface area (Å²) in [5, 5.41) is 0. The van der Waals surface area contributed by atoms with Crippen molar-refractivity contribution in [2.75, 3.05) is 13.7 Å². The van der Waals surface area contributed by atoms with Crippen molar-refractivity contribution in [2.24, 2.45) is 0 Å². The zero-order valence-electron chi connectivity index (χ0n) is 13.7. The van der Waals surface area contributed by atoms with Gasteiger partial charge in [0.1, 0.15) is 5.82 Å². The van der Waals surface area contributed by atoms with Gasteiger partial charge in [-0.15, -0.1) is 0 Å². The molecule has 0 fully saturated rings. The molecular formula is C15H24N4O3. The van der Waals surface area contributed by atoms with Crippen molar-refractivity contribution in [1.29, 1.82) is 0 Å². The van der Waals surface area contributed by atoms with Gasteiger partial charge in [-0.25, -0.2) is 9.78 Å². The highest BCUT2D eigenvalue weighted by Crippen LogP contribution is 2.19. The van der Waals surface area contributed by atoms with Crippen molar-refractivity contribution in [3.05, 3.63) is 26.7 Å². The molecule has 0 amide bonds. The third-order valence-electron chi connectivity index (χ3n) is 3.69. The summed E-state index contributed by atoms with van der Waals surface area (Å²) in [6, 6.07) is 0. The maximum Gasteiger partial charge on any atom is 0.330 e. The van der Waals surface area contributed by atoms with Crippen LogP contribution in [0.1, 0.15) is 45.4 Å². The van der Waals surface area contributed by atoms with Gasteiger partial charge in [0.05, 0.1) is 6.61 Å². The lowest BCUT2D eigenvalue weighted by molar-refractivity contribution is 0.187. The molecule has 0 aliphatic heterocycles. The monoisotopic (exact) mass is 308 g/mol. The van der Waals surface area contributed by atoms with E-state index in [2.05, 4.69) is 16.9 Å². The molecule has 7 heteroatoms. The van der Waals surface area contributed by atoms with Crippen LogP contribution in [0.25, 0.3) is 11.2 Å². The molecular weight excluding hydrogens is 284 g/mol. The fourth-order valence-electron chi connectivity index (χ4n) is 2.56. The molecule has 0 aliphatic carbocycles. The normalized spacial score (nSPS) is 11.7. The molecule has 7 nitrogen and oxygen atoms in total. The first-order valence-electron chi connectivity index (χ1n) is 7.73. The van der Waals surface area contributed by atoms with Crippen LogP contribution < -0.4 is 11.2 Å². The van der Waals surface area contributed by atoms with Crippen molar-refractivity contribution >= 4 is 11.2 Å². The number of imidazole rings is 1. The second-order valence-electron chi connectivity index (χ2n) is 5.71. The fraction of sp³-hybridized carbons (Fsp3) is 0.667. The molecule has 2 aromatic rings. The summed E-state index contributed by atoms with van der Waals surface area (Å²) in [6.07, 6.45) is 1.83. The van der Waals surface area contributed by atoms with E-state index in [4.69, 9.17) is 4.74 Å². The Balaban J connectivity index is 2.73. The molecule has 0 radical (unpaired) electrons. The quantitative estimate of drug-likeness (QED) is 0.839. The van der Waals surface area contributed by atoms with Crippen LogP contribution in [0.3, 0.4) is 0 Å². The molecule has 0 atom stereocenters. The van der Waals surface area contributed by atoms with Gasteiger partial charge < -0.3 is 9.30 Å². The first kappa shape index (κ1) is 16.5. The molecule has 0 spiro atoms. The lowest BCUT2D eigenvalue weighted by atomic mass is 10.2. The molecule has 1 N–H and O–H groups in total. The topological polar surface area (TPSA) is 81.9 Å². The molecule has 22 heavy (non-hydrogen) atoms. The van der Waals surface area contributed by atoms with Crippen molar-refractivity contribution in [3.8, 4) is 0 Å². The number of H-pyrrole nitrogens is 1. The average molecular weight is 308 g/mol. The van der Waals surface area contributed by atoms with E-state index in [1.165, 1.54) is 0 Å². The van der Waals surface area contributed by atoms with Crippen LogP contribution in [0.15, 0.2) is 9.59 Å². The summed E-state index contributed by atoms with van der Waals surface area (Å²) in [7, 11) is 1.62. The molecule has 0 bridgehead atoms. The van der Waals surface area contributed by atoms with Gasteiger partial charge in [0, 0.05) is 26.1 Å². The molecule has 0 saturated carbocycles. The van der Waals surface area contributed by atoms with Gasteiger partial charge in [0.15, 0.2) is 11.2 Å². The number of aromatic amines is 1. The van der Waals surface area contributed by atoms with E-state index in [-0.39, 0.29) is 11.5 Å². The minimum absolute atomic E-state index is 0.151. The summed E-state index contributed by atoms with van der Waals surface area (Å²) in [5.74, 6) is 0.951. The predicted molar refractivity (Wildman–Crippen MR) is 85.5 cm³/mol. The van der Waals surface area contributed by atoms with Crippen LogP contribution in [0.4, 0.5) is 0 Å². The van der Waals surface area contributed by atoms with Crippen LogP contribution in [0.5, 0.6) is 0 Å². The summed E-state index contributed by atoms with van der Waals surface area (Å²) in [5.41, 5.74) is 0.152. The number of fused-ring (bicyclic) bond motifs is 1. The van der Waals surface area contributed by atoms with Gasteiger partial charge in [-0.2, -0.15) is 0 Å². The SMILES string of the molecule is CCCCn1c(=O)[nH]c(=O)c2c1nc(C(C)C)n2CCOC. The van der Waals surface area contributed by atoms with Gasteiger partial charge in [0.2, 0.25) is 0 Å². The number of hydrogen-bond donors (Lipinski definition) is 1. The van der Waals surface area contributed by atoms with Gasteiger partial charge in [-0.1, -0.05) is 27.2 Å². The molecule has 0 aromatic carbocycles. The van der Waals surface area contributed by atoms with Crippen LogP contribution in [0, 0.1) is 0 Å². The summed E-state index contributed by atoms with van der Waals surface area (Å²) < 4.78 is 8.56. The number of nitrogens with one attached hydrogen (secondary N) is 1. The number of ether oxygens (including phenoxy) is 1. The molecule has 2 heterocycles. The van der Waals surface area contributed by atoms with Gasteiger partial charge in [-0.05, 0) is 6.42 Å². The number of rotatable bonds is 7. The minimum Gasteiger partial charge on any atom is -0.383 e. The van der Waals surface area contributed by atoms with E-state index in [0.717, 1.165) is 18.7 Å². The fourth-order valence-corrected chi connectivity index (χ4v) is 2.56. The Morgan fingerprint density at radius 3 is 2.55 bits per heavy atom. The molecule has 0 aliphatic rings. The second kappa shape index (κ2) is 6.91. The Morgan fingerprint density at radius 1 is 1.23 bits per heavy atom. The van der Waals surface area contributed by atoms with Crippen molar-refractivity contribution in [1.82, 2.24) is 19.1 Å². The Bertz CT molecular complexity index is 754. The van der Waals surface area contributed by atoms with Crippen LogP contribution in [-0.2, 0) is 17.8 Å². The van der Waals surface area contributed by atoms with E-state index in [1.807, 2.05) is 18.4 Å². The Hall–Kier alpha value is -1.89. The Morgan fingerprint density at radius 2 is 1.95 bits per heavy atom. The number of aryl methyl sites for hydroxylation is 1. The third kappa shape index (κ3) is 2.99. The third-order valence-corrected chi connectivity index (χ3v) is 3.69. The highest BCUT2D eigenvalue weighted by Gasteiger charge is 2.19. The summed E-state index contributed by atoms with van der Waals surface area (Å²) in [4.78, 5) is 31.4. The Labute approximate surface area is 128 Å². The van der Waals surface area contributed by atoms with Gasteiger partial charge >= 0.3 is 5.69 Å². The molecule has 0 saturated heterocycles. The molecule has 0 unspecified atom stereocenters. The lowest BCUT2D eigenvalue weighted by Crippen LogP contribution is -2.31. The average Bonchev–Trinajstić information content (AvgIpc) is 2.85. The van der Waals surface area contributed by atoms with Crippen LogP contribution >= 0.6 is 0 Å². The van der Waals surface area contributed by atoms with E-state index >= 15 is 0 Å². The molecule has 122 valence electrons. The first-order valence-corrected chi connectivity index (χ1v) is 7.73. The largest absolute Gasteiger partial charge is 0.383 e. The zero-order chi connectivity index (χ0) is 16.3. The van der Waals surface area contributed by atoms with Gasteiger partial charge in [0.25, 0.3) is 5.56 Å². The molecule has 2 rings (SSSR count). The maximum absolute atomic E-state index is 12.3. The van der Waals surface area contributed by atoms with Crippen molar-refractivity contribution < 1.29 is 4.74 Å². The number of hydrogen-bond acceptors (Lipinski definition) is 4. The summed E-state index contributed by atoms with van der Waals surface area (Å²) >= 11 is 0. The molecule has 2 aromatic heterocycles. The zero-order valence-corrected chi connectivity index (χ0v) is 13.7. The van der Waals surface area contributed by atoms with Crippen LogP contribution in [-0.4, -0.2) is 32.8 Å². The van der Waals surface area contributed by atoms with E-state index in [0.29, 0.717) is 30.9 Å². The maximum atomic E-state index is 12.3.